The molecule has 0 aliphatic carbocycles. The van der Waals surface area contributed by atoms with Gasteiger partial charge in [0.15, 0.2) is 0 Å². The first-order valence-corrected chi connectivity index (χ1v) is 11.3. The van der Waals surface area contributed by atoms with Crippen molar-refractivity contribution in [3.8, 4) is 28.5 Å². The summed E-state index contributed by atoms with van der Waals surface area (Å²) in [7, 11) is 0. The summed E-state index contributed by atoms with van der Waals surface area (Å²) in [5, 5.41) is 9.69. The maximum atomic E-state index is 13.8. The molecule has 1 heterocycles. The lowest BCUT2D eigenvalue weighted by molar-refractivity contribution is -0.136. The Kier molecular flexibility index (Phi) is 6.82. The molecule has 0 fully saturated rings. The number of alkyl halides is 3. The Bertz CT molecular complexity index is 1580. The first kappa shape index (κ1) is 25.6. The zero-order valence-corrected chi connectivity index (χ0v) is 20.3. The fourth-order valence-electron chi connectivity index (χ4n) is 4.07. The largest absolute Gasteiger partial charge is 0.508 e. The molecule has 0 amide bonds. The van der Waals surface area contributed by atoms with Gasteiger partial charge in [-0.15, -0.1) is 0 Å². The van der Waals surface area contributed by atoms with Crippen molar-refractivity contribution < 1.29 is 23.0 Å². The number of phenolic OH excluding ortho intramolecular Hbond substituents is 1. The normalized spacial score (nSPS) is 11.3. The molecule has 37 heavy (non-hydrogen) atoms. The summed E-state index contributed by atoms with van der Waals surface area (Å²) in [6.07, 6.45) is -4.87. The van der Waals surface area contributed by atoms with Crippen LogP contribution in [0, 0.1) is 27.3 Å². The summed E-state index contributed by atoms with van der Waals surface area (Å²) >= 11 is 0. The number of halogens is 3. The molecule has 1 aromatic heterocycles. The average Bonchev–Trinajstić information content (AvgIpc) is 2.84. The minimum absolute atomic E-state index is 0.00593. The second-order valence-electron chi connectivity index (χ2n) is 8.80. The molecular formula is C29H23F3N2O3. The molecule has 0 saturated heterocycles. The van der Waals surface area contributed by atoms with E-state index >= 15 is 0 Å². The van der Waals surface area contributed by atoms with Gasteiger partial charge in [-0.25, -0.2) is 4.85 Å². The van der Waals surface area contributed by atoms with Gasteiger partial charge in [0, 0.05) is 5.69 Å². The van der Waals surface area contributed by atoms with Gasteiger partial charge in [0.25, 0.3) is 11.2 Å². The Balaban J connectivity index is 1.82. The first-order chi connectivity index (χ1) is 17.5. The highest BCUT2D eigenvalue weighted by Crippen LogP contribution is 2.38. The minimum atomic E-state index is -4.87. The summed E-state index contributed by atoms with van der Waals surface area (Å²) in [5.41, 5.74) is 0.464. The number of ether oxygens (including phenoxy) is 1. The fraction of sp³-hybridized carbons (Fsp3) is 0.172. The van der Waals surface area contributed by atoms with Gasteiger partial charge in [-0.3, -0.25) is 4.79 Å². The maximum absolute atomic E-state index is 13.8. The minimum Gasteiger partial charge on any atom is -0.508 e. The quantitative estimate of drug-likeness (QED) is 0.286. The molecule has 8 heteroatoms. The van der Waals surface area contributed by atoms with Crippen molar-refractivity contribution in [1.29, 1.82) is 0 Å². The van der Waals surface area contributed by atoms with E-state index in [9.17, 15) is 23.1 Å². The highest BCUT2D eigenvalue weighted by atomic mass is 19.4. The lowest BCUT2D eigenvalue weighted by Crippen LogP contribution is -2.25. The number of hydrogen-bond acceptors (Lipinski definition) is 3. The third-order valence-corrected chi connectivity index (χ3v) is 6.07. The van der Waals surface area contributed by atoms with Crippen LogP contribution in [0.2, 0.25) is 0 Å². The van der Waals surface area contributed by atoms with Crippen LogP contribution in [0.5, 0.6) is 17.2 Å². The van der Waals surface area contributed by atoms with E-state index in [1.54, 1.807) is 43.3 Å². The van der Waals surface area contributed by atoms with Gasteiger partial charge >= 0.3 is 6.18 Å². The van der Waals surface area contributed by atoms with Gasteiger partial charge in [-0.05, 0) is 91.6 Å². The number of aromatic nitrogens is 1. The van der Waals surface area contributed by atoms with Crippen LogP contribution in [0.1, 0.15) is 27.8 Å². The Hall–Kier alpha value is -4.51. The molecular weight excluding hydrogens is 481 g/mol. The predicted molar refractivity (Wildman–Crippen MR) is 135 cm³/mol. The fourth-order valence-corrected chi connectivity index (χ4v) is 4.07. The standard InChI is InChI=1S/C29H23F3N2O3/c1-17-5-6-21(18(2)13-17)16-34-25(15-24(29(30,31)32)27(33-4)28(34)36)20-7-9-22(10-8-20)37-23-11-12-26(35)19(3)14-23/h5-15,35H,16H2,1-3H3. The lowest BCUT2D eigenvalue weighted by atomic mass is 10.0. The molecule has 5 nitrogen and oxygen atoms in total. The van der Waals surface area contributed by atoms with E-state index in [-0.39, 0.29) is 18.0 Å². The zero-order chi connectivity index (χ0) is 26.9. The van der Waals surface area contributed by atoms with Gasteiger partial charge < -0.3 is 14.4 Å². The van der Waals surface area contributed by atoms with Crippen molar-refractivity contribution in [1.82, 2.24) is 4.57 Å². The maximum Gasteiger partial charge on any atom is 0.407 e. The van der Waals surface area contributed by atoms with Crippen LogP contribution in [-0.4, -0.2) is 9.67 Å². The predicted octanol–water partition coefficient (Wildman–Crippen LogP) is 7.56. The second-order valence-corrected chi connectivity index (χ2v) is 8.80. The number of nitrogens with zero attached hydrogens (tertiary/aromatic N) is 2. The molecule has 4 rings (SSSR count). The van der Waals surface area contributed by atoms with Crippen LogP contribution in [0.15, 0.2) is 71.5 Å². The third kappa shape index (κ3) is 5.36. The molecule has 4 aromatic rings. The van der Waals surface area contributed by atoms with Gasteiger partial charge in [-0.2, -0.15) is 13.2 Å². The number of aryl methyl sites for hydroxylation is 3. The molecule has 0 unspecified atom stereocenters. The number of phenols is 1. The molecule has 0 aliphatic heterocycles. The topological polar surface area (TPSA) is 55.8 Å². The van der Waals surface area contributed by atoms with Gasteiger partial charge in [0.2, 0.25) is 0 Å². The van der Waals surface area contributed by atoms with Crippen LogP contribution in [-0.2, 0) is 12.7 Å². The van der Waals surface area contributed by atoms with Gasteiger partial charge in [0.05, 0.1) is 18.7 Å². The Morgan fingerprint density at radius 2 is 1.59 bits per heavy atom. The number of pyridine rings is 1. The van der Waals surface area contributed by atoms with E-state index in [4.69, 9.17) is 11.3 Å². The molecule has 188 valence electrons. The molecule has 0 spiro atoms. The van der Waals surface area contributed by atoms with Crippen LogP contribution in [0.25, 0.3) is 16.1 Å². The van der Waals surface area contributed by atoms with Crippen LogP contribution in [0.4, 0.5) is 18.9 Å². The summed E-state index contributed by atoms with van der Waals surface area (Å²) in [4.78, 5) is 16.2. The smallest absolute Gasteiger partial charge is 0.407 e. The summed E-state index contributed by atoms with van der Waals surface area (Å²) in [5.74, 6) is 1.04. The van der Waals surface area contributed by atoms with Gasteiger partial charge in [0.1, 0.15) is 17.2 Å². The van der Waals surface area contributed by atoms with Crippen molar-refractivity contribution in [3.05, 3.63) is 116 Å². The average molecular weight is 505 g/mol. The van der Waals surface area contributed by atoms with E-state index in [0.717, 1.165) is 22.8 Å². The lowest BCUT2D eigenvalue weighted by Gasteiger charge is -2.19. The Morgan fingerprint density at radius 3 is 2.19 bits per heavy atom. The van der Waals surface area contributed by atoms with E-state index < -0.39 is 23.0 Å². The van der Waals surface area contributed by atoms with Crippen molar-refractivity contribution in [2.24, 2.45) is 0 Å². The van der Waals surface area contributed by atoms with Crippen molar-refractivity contribution in [2.75, 3.05) is 0 Å². The Morgan fingerprint density at radius 1 is 0.919 bits per heavy atom. The highest BCUT2D eigenvalue weighted by molar-refractivity contribution is 5.67. The van der Waals surface area contributed by atoms with Crippen molar-refractivity contribution in [2.45, 2.75) is 33.5 Å². The van der Waals surface area contributed by atoms with E-state index in [0.29, 0.717) is 22.6 Å². The van der Waals surface area contributed by atoms with E-state index in [1.165, 1.54) is 10.6 Å². The molecule has 0 radical (unpaired) electrons. The van der Waals surface area contributed by atoms with E-state index in [2.05, 4.69) is 4.85 Å². The van der Waals surface area contributed by atoms with Crippen LogP contribution in [0.3, 0.4) is 0 Å². The first-order valence-electron chi connectivity index (χ1n) is 11.3. The van der Waals surface area contributed by atoms with Crippen molar-refractivity contribution in [3.63, 3.8) is 0 Å². The number of aromatic hydroxyl groups is 1. The molecule has 0 saturated carbocycles. The molecule has 0 bridgehead atoms. The zero-order valence-electron chi connectivity index (χ0n) is 20.3. The second kappa shape index (κ2) is 9.86. The SMILES string of the molecule is [C-]#[N+]c1c(C(F)(F)F)cc(-c2ccc(Oc3ccc(O)c(C)c3)cc2)n(Cc2ccc(C)cc2C)c1=O. The van der Waals surface area contributed by atoms with E-state index in [1.807, 2.05) is 32.0 Å². The summed E-state index contributed by atoms with van der Waals surface area (Å²) in [6.45, 7) is 12.8. The molecule has 0 aliphatic rings. The third-order valence-electron chi connectivity index (χ3n) is 6.07. The van der Waals surface area contributed by atoms with Gasteiger partial charge in [-0.1, -0.05) is 23.8 Å². The van der Waals surface area contributed by atoms with Crippen molar-refractivity contribution >= 4 is 5.69 Å². The molecule has 3 aromatic carbocycles. The molecule has 0 atom stereocenters. The highest BCUT2D eigenvalue weighted by Gasteiger charge is 2.36. The molecule has 1 N–H and O–H groups in total. The monoisotopic (exact) mass is 504 g/mol. The summed E-state index contributed by atoms with van der Waals surface area (Å²) in [6, 6.07) is 17.5. The van der Waals surface area contributed by atoms with Crippen LogP contribution >= 0.6 is 0 Å². The number of benzene rings is 3. The summed E-state index contributed by atoms with van der Waals surface area (Å²) < 4.78 is 48.5. The number of rotatable bonds is 5. The number of hydrogen-bond donors (Lipinski definition) is 1. The van der Waals surface area contributed by atoms with Crippen LogP contribution < -0.4 is 10.3 Å². The Labute approximate surface area is 211 Å².